The Kier molecular flexibility index (Phi) is 4.75. The predicted octanol–water partition coefficient (Wildman–Crippen LogP) is 3.29. The highest BCUT2D eigenvalue weighted by atomic mass is 19.3. The molecule has 0 atom stereocenters. The van der Waals surface area contributed by atoms with Crippen LogP contribution in [0.1, 0.15) is 26.2 Å². The van der Waals surface area contributed by atoms with Gasteiger partial charge in [-0.3, -0.25) is 0 Å². The molecule has 1 aromatic rings. The van der Waals surface area contributed by atoms with E-state index in [0.29, 0.717) is 32.5 Å². The van der Waals surface area contributed by atoms with E-state index in [1.54, 1.807) is 0 Å². The van der Waals surface area contributed by atoms with Crippen LogP contribution in [0.2, 0.25) is 0 Å². The first kappa shape index (κ1) is 14.3. The first-order chi connectivity index (χ1) is 9.18. The van der Waals surface area contributed by atoms with Gasteiger partial charge in [0.1, 0.15) is 0 Å². The van der Waals surface area contributed by atoms with Crippen molar-refractivity contribution in [2.24, 2.45) is 0 Å². The van der Waals surface area contributed by atoms with Gasteiger partial charge >= 0.3 is 0 Å². The summed E-state index contributed by atoms with van der Waals surface area (Å²) in [5.74, 6) is 0. The fraction of sp³-hybridized carbons (Fsp3) is 0.600. The van der Waals surface area contributed by atoms with Crippen molar-refractivity contribution < 1.29 is 8.78 Å². The highest BCUT2D eigenvalue weighted by Crippen LogP contribution is 2.31. The molecule has 1 aliphatic heterocycles. The van der Waals surface area contributed by atoms with E-state index < -0.39 is 12.0 Å². The maximum atomic E-state index is 13.3. The first-order valence-electron chi connectivity index (χ1n) is 7.01. The van der Waals surface area contributed by atoms with Gasteiger partial charge in [0.2, 0.25) is 0 Å². The summed E-state index contributed by atoms with van der Waals surface area (Å²) in [6.45, 7) is 4.04. The Bertz CT molecular complexity index is 373. The van der Waals surface area contributed by atoms with Gasteiger partial charge < -0.3 is 10.2 Å². The molecule has 1 saturated heterocycles. The Morgan fingerprint density at radius 3 is 2.37 bits per heavy atom. The zero-order valence-corrected chi connectivity index (χ0v) is 11.4. The van der Waals surface area contributed by atoms with Crippen LogP contribution in [0.4, 0.5) is 14.5 Å². The minimum atomic E-state index is -2.29. The highest BCUT2D eigenvalue weighted by molar-refractivity contribution is 5.46. The van der Waals surface area contributed by atoms with Crippen molar-refractivity contribution >= 4 is 5.69 Å². The molecule has 0 aromatic heterocycles. The Morgan fingerprint density at radius 1 is 1.21 bits per heavy atom. The van der Waals surface area contributed by atoms with Gasteiger partial charge in [-0.1, -0.05) is 25.1 Å². The summed E-state index contributed by atoms with van der Waals surface area (Å²) >= 11 is 0. The third-order valence-electron chi connectivity index (χ3n) is 3.92. The summed E-state index contributed by atoms with van der Waals surface area (Å²) < 4.78 is 26.7. The van der Waals surface area contributed by atoms with Crippen LogP contribution in [0.15, 0.2) is 30.3 Å². The summed E-state index contributed by atoms with van der Waals surface area (Å²) in [5, 5.41) is 3.08. The third kappa shape index (κ3) is 3.24. The molecule has 1 aromatic carbocycles. The molecule has 1 aliphatic rings. The van der Waals surface area contributed by atoms with Crippen molar-refractivity contribution in [3.05, 3.63) is 30.3 Å². The van der Waals surface area contributed by atoms with Gasteiger partial charge in [-0.15, -0.1) is 0 Å². The van der Waals surface area contributed by atoms with Crippen LogP contribution in [0.3, 0.4) is 0 Å². The van der Waals surface area contributed by atoms with Gasteiger partial charge in [-0.25, -0.2) is 8.78 Å². The number of halogens is 2. The molecule has 0 bridgehead atoms. The molecule has 2 nitrogen and oxygen atoms in total. The number of anilines is 1. The van der Waals surface area contributed by atoms with Crippen molar-refractivity contribution in [1.29, 1.82) is 0 Å². The molecular weight excluding hydrogens is 246 g/mol. The molecule has 106 valence electrons. The molecule has 0 aliphatic carbocycles. The van der Waals surface area contributed by atoms with Gasteiger partial charge in [-0.05, 0) is 37.9 Å². The molecule has 0 spiro atoms. The summed E-state index contributed by atoms with van der Waals surface area (Å²) in [6.07, 6.45) is -0.410. The van der Waals surface area contributed by atoms with Crippen LogP contribution < -0.4 is 10.2 Å². The Balaban J connectivity index is 1.99. The standard InChI is InChI=1S/C15H22F2N2/c1-2-10-18-15(14(16)17)8-11-19(12-9-15)13-6-4-3-5-7-13/h3-7,14,18H,2,8-12H2,1H3. The normalized spacial score (nSPS) is 18.8. The molecule has 1 N–H and O–H groups in total. The molecule has 4 heteroatoms. The van der Waals surface area contributed by atoms with E-state index in [-0.39, 0.29) is 0 Å². The van der Waals surface area contributed by atoms with Crippen molar-refractivity contribution in [3.8, 4) is 0 Å². The van der Waals surface area contributed by atoms with E-state index in [2.05, 4.69) is 10.2 Å². The van der Waals surface area contributed by atoms with Crippen molar-refractivity contribution in [3.63, 3.8) is 0 Å². The molecular formula is C15H22F2N2. The van der Waals surface area contributed by atoms with E-state index in [9.17, 15) is 8.78 Å². The number of hydrogen-bond acceptors (Lipinski definition) is 2. The number of benzene rings is 1. The molecule has 0 amide bonds. The number of piperidine rings is 1. The van der Waals surface area contributed by atoms with Crippen LogP contribution in [0, 0.1) is 0 Å². The molecule has 2 rings (SSSR count). The van der Waals surface area contributed by atoms with Crippen LogP contribution in [-0.2, 0) is 0 Å². The lowest BCUT2D eigenvalue weighted by molar-refractivity contribution is 0.0146. The van der Waals surface area contributed by atoms with Crippen LogP contribution in [0.5, 0.6) is 0 Å². The number of nitrogens with zero attached hydrogens (tertiary/aromatic N) is 1. The van der Waals surface area contributed by atoms with Crippen LogP contribution >= 0.6 is 0 Å². The van der Waals surface area contributed by atoms with Crippen molar-refractivity contribution in [2.75, 3.05) is 24.5 Å². The largest absolute Gasteiger partial charge is 0.371 e. The average molecular weight is 268 g/mol. The smallest absolute Gasteiger partial charge is 0.256 e. The second-order valence-electron chi connectivity index (χ2n) is 5.21. The van der Waals surface area contributed by atoms with E-state index in [1.165, 1.54) is 0 Å². The minimum absolute atomic E-state index is 0.500. The van der Waals surface area contributed by atoms with Gasteiger partial charge in [0.05, 0.1) is 5.54 Å². The van der Waals surface area contributed by atoms with Gasteiger partial charge in [0.15, 0.2) is 0 Å². The maximum Gasteiger partial charge on any atom is 0.256 e. The lowest BCUT2D eigenvalue weighted by Gasteiger charge is -2.42. The third-order valence-corrected chi connectivity index (χ3v) is 3.92. The zero-order chi connectivity index (χ0) is 13.7. The van der Waals surface area contributed by atoms with Crippen LogP contribution in [0.25, 0.3) is 0 Å². The Hall–Kier alpha value is -1.16. The fourth-order valence-electron chi connectivity index (χ4n) is 2.65. The summed E-state index contributed by atoms with van der Waals surface area (Å²) in [7, 11) is 0. The Morgan fingerprint density at radius 2 is 1.84 bits per heavy atom. The Labute approximate surface area is 113 Å². The summed E-state index contributed by atoms with van der Waals surface area (Å²) in [6, 6.07) is 10.0. The monoisotopic (exact) mass is 268 g/mol. The van der Waals surface area contributed by atoms with E-state index in [4.69, 9.17) is 0 Å². The molecule has 0 radical (unpaired) electrons. The number of hydrogen-bond donors (Lipinski definition) is 1. The topological polar surface area (TPSA) is 15.3 Å². The highest BCUT2D eigenvalue weighted by Gasteiger charge is 2.42. The van der Waals surface area contributed by atoms with Crippen LogP contribution in [-0.4, -0.2) is 31.6 Å². The maximum absolute atomic E-state index is 13.3. The first-order valence-corrected chi connectivity index (χ1v) is 7.01. The second-order valence-corrected chi connectivity index (χ2v) is 5.21. The molecule has 0 unspecified atom stereocenters. The second kappa shape index (κ2) is 6.33. The molecule has 1 heterocycles. The summed E-state index contributed by atoms with van der Waals surface area (Å²) in [5.41, 5.74) is 0.141. The van der Waals surface area contributed by atoms with Gasteiger partial charge in [-0.2, -0.15) is 0 Å². The van der Waals surface area contributed by atoms with Crippen molar-refractivity contribution in [1.82, 2.24) is 5.32 Å². The number of para-hydroxylation sites is 1. The lowest BCUT2D eigenvalue weighted by Crippen LogP contribution is -2.58. The zero-order valence-electron chi connectivity index (χ0n) is 11.4. The predicted molar refractivity (Wildman–Crippen MR) is 74.9 cm³/mol. The van der Waals surface area contributed by atoms with E-state index in [1.807, 2.05) is 37.3 Å². The summed E-state index contributed by atoms with van der Waals surface area (Å²) in [4.78, 5) is 2.19. The molecule has 1 fully saturated rings. The lowest BCUT2D eigenvalue weighted by atomic mass is 9.87. The molecule has 0 saturated carbocycles. The minimum Gasteiger partial charge on any atom is -0.371 e. The number of nitrogens with one attached hydrogen (secondary N) is 1. The SMILES string of the molecule is CCCNC1(C(F)F)CCN(c2ccccc2)CC1. The van der Waals surface area contributed by atoms with Gasteiger partial charge in [0, 0.05) is 18.8 Å². The number of alkyl halides is 2. The van der Waals surface area contributed by atoms with Gasteiger partial charge in [0.25, 0.3) is 6.43 Å². The number of rotatable bonds is 5. The van der Waals surface area contributed by atoms with E-state index >= 15 is 0 Å². The van der Waals surface area contributed by atoms with Crippen molar-refractivity contribution in [2.45, 2.75) is 38.2 Å². The molecule has 19 heavy (non-hydrogen) atoms. The average Bonchev–Trinajstić information content (AvgIpc) is 2.46. The fourth-order valence-corrected chi connectivity index (χ4v) is 2.65. The quantitative estimate of drug-likeness (QED) is 0.881. The van der Waals surface area contributed by atoms with E-state index in [0.717, 1.165) is 12.1 Å².